The average Bonchev–Trinajstić information content (AvgIpc) is 2.38. The Labute approximate surface area is 104 Å². The molecule has 2 aromatic carbocycles. The SMILES string of the molecule is CON=CCc1ccc2ccccc2c1[N+](=O)[O-]. The Morgan fingerprint density at radius 1 is 1.33 bits per heavy atom. The third kappa shape index (κ3) is 2.29. The standard InChI is InChI=1S/C13H12N2O3/c1-18-14-9-8-11-7-6-10-4-2-3-5-12(10)13(11)15(16)17/h2-7,9H,8H2,1H3. The second kappa shape index (κ2) is 5.27. The van der Waals surface area contributed by atoms with Gasteiger partial charge >= 0.3 is 0 Å². The van der Waals surface area contributed by atoms with Gasteiger partial charge in [0, 0.05) is 18.2 Å². The van der Waals surface area contributed by atoms with E-state index >= 15 is 0 Å². The van der Waals surface area contributed by atoms with E-state index in [1.165, 1.54) is 13.3 Å². The van der Waals surface area contributed by atoms with Crippen molar-refractivity contribution >= 4 is 22.7 Å². The molecule has 0 aliphatic heterocycles. The third-order valence-corrected chi connectivity index (χ3v) is 2.66. The van der Waals surface area contributed by atoms with Crippen molar-refractivity contribution in [2.45, 2.75) is 6.42 Å². The van der Waals surface area contributed by atoms with Crippen molar-refractivity contribution in [1.29, 1.82) is 0 Å². The number of oxime groups is 1. The summed E-state index contributed by atoms with van der Waals surface area (Å²) < 4.78 is 0. The topological polar surface area (TPSA) is 64.7 Å². The molecule has 0 bridgehead atoms. The van der Waals surface area contributed by atoms with Crippen LogP contribution in [0.25, 0.3) is 10.8 Å². The van der Waals surface area contributed by atoms with Crippen molar-refractivity contribution in [1.82, 2.24) is 0 Å². The Morgan fingerprint density at radius 3 is 2.83 bits per heavy atom. The van der Waals surface area contributed by atoms with Gasteiger partial charge in [0.25, 0.3) is 5.69 Å². The molecule has 92 valence electrons. The van der Waals surface area contributed by atoms with Gasteiger partial charge in [0.05, 0.1) is 10.3 Å². The molecule has 18 heavy (non-hydrogen) atoms. The van der Waals surface area contributed by atoms with Crippen LogP contribution in [0.5, 0.6) is 0 Å². The number of nitrogens with zero attached hydrogens (tertiary/aromatic N) is 2. The summed E-state index contributed by atoms with van der Waals surface area (Å²) in [6, 6.07) is 10.9. The van der Waals surface area contributed by atoms with E-state index in [4.69, 9.17) is 0 Å². The van der Waals surface area contributed by atoms with Crippen LogP contribution in [0.4, 0.5) is 5.69 Å². The maximum Gasteiger partial charge on any atom is 0.280 e. The van der Waals surface area contributed by atoms with Crippen LogP contribution in [0.3, 0.4) is 0 Å². The highest BCUT2D eigenvalue weighted by molar-refractivity contribution is 5.93. The van der Waals surface area contributed by atoms with Crippen LogP contribution < -0.4 is 0 Å². The van der Waals surface area contributed by atoms with E-state index in [1.807, 2.05) is 18.2 Å². The van der Waals surface area contributed by atoms with Gasteiger partial charge < -0.3 is 4.84 Å². The number of hydrogen-bond acceptors (Lipinski definition) is 4. The summed E-state index contributed by atoms with van der Waals surface area (Å²) in [6.07, 6.45) is 1.88. The molecule has 0 N–H and O–H groups in total. The summed E-state index contributed by atoms with van der Waals surface area (Å²) in [5.41, 5.74) is 0.759. The molecule has 5 nitrogen and oxygen atoms in total. The minimum atomic E-state index is -0.349. The van der Waals surface area contributed by atoms with E-state index in [9.17, 15) is 10.1 Å². The Kier molecular flexibility index (Phi) is 3.52. The lowest BCUT2D eigenvalue weighted by Crippen LogP contribution is -1.97. The van der Waals surface area contributed by atoms with Crippen molar-refractivity contribution in [2.75, 3.05) is 7.11 Å². The predicted octanol–water partition coefficient (Wildman–Crippen LogP) is 2.92. The van der Waals surface area contributed by atoms with E-state index in [0.717, 1.165) is 5.39 Å². The van der Waals surface area contributed by atoms with Gasteiger partial charge in [0.2, 0.25) is 0 Å². The van der Waals surface area contributed by atoms with Crippen LogP contribution in [0.15, 0.2) is 41.6 Å². The van der Waals surface area contributed by atoms with Gasteiger partial charge in [-0.25, -0.2) is 0 Å². The molecule has 0 aromatic heterocycles. The van der Waals surface area contributed by atoms with Crippen LogP contribution in [0, 0.1) is 10.1 Å². The molecule has 0 amide bonds. The molecule has 0 spiro atoms. The molecule has 0 aliphatic carbocycles. The molecule has 0 unspecified atom stereocenters. The van der Waals surface area contributed by atoms with Crippen LogP contribution in [-0.2, 0) is 11.3 Å². The van der Waals surface area contributed by atoms with Crippen molar-refractivity contribution in [2.24, 2.45) is 5.16 Å². The van der Waals surface area contributed by atoms with Crippen LogP contribution >= 0.6 is 0 Å². The maximum atomic E-state index is 11.2. The lowest BCUT2D eigenvalue weighted by molar-refractivity contribution is -0.383. The average molecular weight is 244 g/mol. The van der Waals surface area contributed by atoms with Gasteiger partial charge in [-0.3, -0.25) is 10.1 Å². The van der Waals surface area contributed by atoms with E-state index in [-0.39, 0.29) is 10.6 Å². The molecule has 0 saturated carbocycles. The highest BCUT2D eigenvalue weighted by atomic mass is 16.6. The van der Waals surface area contributed by atoms with Crippen molar-refractivity contribution in [3.05, 3.63) is 52.1 Å². The first-order valence-corrected chi connectivity index (χ1v) is 5.44. The largest absolute Gasteiger partial charge is 0.399 e. The van der Waals surface area contributed by atoms with Crippen molar-refractivity contribution < 1.29 is 9.76 Å². The second-order valence-corrected chi connectivity index (χ2v) is 3.73. The lowest BCUT2D eigenvalue weighted by atomic mass is 10.0. The number of hydrogen-bond donors (Lipinski definition) is 0. The first-order valence-electron chi connectivity index (χ1n) is 5.44. The minimum Gasteiger partial charge on any atom is -0.399 e. The molecule has 0 aliphatic rings. The van der Waals surface area contributed by atoms with Gasteiger partial charge in [-0.05, 0) is 11.5 Å². The first kappa shape index (κ1) is 12.0. The molecule has 0 fully saturated rings. The second-order valence-electron chi connectivity index (χ2n) is 3.73. The van der Waals surface area contributed by atoms with Crippen LogP contribution in [0.2, 0.25) is 0 Å². The Hall–Kier alpha value is -2.43. The van der Waals surface area contributed by atoms with Crippen molar-refractivity contribution in [3.63, 3.8) is 0 Å². The zero-order valence-corrected chi connectivity index (χ0v) is 9.87. The Bertz CT molecular complexity index is 608. The predicted molar refractivity (Wildman–Crippen MR) is 69.8 cm³/mol. The van der Waals surface area contributed by atoms with Crippen LogP contribution in [0.1, 0.15) is 5.56 Å². The molecular formula is C13H12N2O3. The molecule has 5 heteroatoms. The van der Waals surface area contributed by atoms with E-state index in [0.29, 0.717) is 17.4 Å². The summed E-state index contributed by atoms with van der Waals surface area (Å²) in [4.78, 5) is 15.4. The number of nitro groups is 1. The monoisotopic (exact) mass is 244 g/mol. The van der Waals surface area contributed by atoms with E-state index < -0.39 is 0 Å². The summed E-state index contributed by atoms with van der Waals surface area (Å²) in [5, 5.41) is 16.3. The zero-order chi connectivity index (χ0) is 13.0. The fraction of sp³-hybridized carbons (Fsp3) is 0.154. The molecule has 0 radical (unpaired) electrons. The Morgan fingerprint density at radius 2 is 2.11 bits per heavy atom. The van der Waals surface area contributed by atoms with Gasteiger partial charge in [-0.2, -0.15) is 0 Å². The van der Waals surface area contributed by atoms with Crippen LogP contribution in [-0.4, -0.2) is 18.2 Å². The molecule has 2 rings (SSSR count). The van der Waals surface area contributed by atoms with Gasteiger partial charge in [-0.1, -0.05) is 35.5 Å². The maximum absolute atomic E-state index is 11.2. The highest BCUT2D eigenvalue weighted by Crippen LogP contribution is 2.29. The molecule has 2 aromatic rings. The third-order valence-electron chi connectivity index (χ3n) is 2.66. The smallest absolute Gasteiger partial charge is 0.280 e. The fourth-order valence-electron chi connectivity index (χ4n) is 1.89. The number of rotatable bonds is 4. The quantitative estimate of drug-likeness (QED) is 0.472. The zero-order valence-electron chi connectivity index (χ0n) is 9.87. The molecular weight excluding hydrogens is 232 g/mol. The van der Waals surface area contributed by atoms with E-state index in [1.54, 1.807) is 18.2 Å². The van der Waals surface area contributed by atoms with E-state index in [2.05, 4.69) is 9.99 Å². The normalized spacial score (nSPS) is 10.9. The summed E-state index contributed by atoms with van der Waals surface area (Å²) in [6.45, 7) is 0. The molecule has 0 heterocycles. The summed E-state index contributed by atoms with van der Waals surface area (Å²) in [5.74, 6) is 0. The number of benzene rings is 2. The highest BCUT2D eigenvalue weighted by Gasteiger charge is 2.17. The first-order chi connectivity index (χ1) is 8.74. The molecule has 0 saturated heterocycles. The van der Waals surface area contributed by atoms with Gasteiger partial charge in [0.1, 0.15) is 7.11 Å². The number of nitro benzene ring substituents is 1. The summed E-state index contributed by atoms with van der Waals surface area (Å²) in [7, 11) is 1.44. The van der Waals surface area contributed by atoms with Crippen molar-refractivity contribution in [3.8, 4) is 0 Å². The van der Waals surface area contributed by atoms with Gasteiger partial charge in [-0.15, -0.1) is 0 Å². The minimum absolute atomic E-state index is 0.135. The fourth-order valence-corrected chi connectivity index (χ4v) is 1.89. The Balaban J connectivity index is 2.56. The number of fused-ring (bicyclic) bond motifs is 1. The summed E-state index contributed by atoms with van der Waals surface area (Å²) >= 11 is 0. The molecule has 0 atom stereocenters. The lowest BCUT2D eigenvalue weighted by Gasteiger charge is -2.04. The van der Waals surface area contributed by atoms with Gasteiger partial charge in [0.15, 0.2) is 0 Å².